The fraction of sp³-hybridized carbons (Fsp3) is 0.167. The molecule has 0 fully saturated rings. The Morgan fingerprint density at radius 2 is 2.12 bits per heavy atom. The van der Waals surface area contributed by atoms with Crippen LogP contribution >= 0.6 is 0 Å². The minimum absolute atomic E-state index is 0.516. The monoisotopic (exact) mass is 214 g/mol. The molecule has 3 N–H and O–H groups in total. The topological polar surface area (TPSA) is 63.8 Å². The standard InChI is InChI=1S/C12H14N4/c1-9-3-2-5-14-11(9)8-16-10-4-6-15-12(13)7-10/h2-7H,8H2,1H3,(H3,13,15,16). The van der Waals surface area contributed by atoms with E-state index in [2.05, 4.69) is 15.3 Å². The van der Waals surface area contributed by atoms with Crippen LogP contribution in [0, 0.1) is 6.92 Å². The van der Waals surface area contributed by atoms with Crippen molar-refractivity contribution >= 4 is 11.5 Å². The summed E-state index contributed by atoms with van der Waals surface area (Å²) in [6, 6.07) is 7.67. The summed E-state index contributed by atoms with van der Waals surface area (Å²) in [6.45, 7) is 2.74. The number of anilines is 2. The van der Waals surface area contributed by atoms with Crippen molar-refractivity contribution in [1.82, 2.24) is 9.97 Å². The number of hydrogen-bond donors (Lipinski definition) is 2. The van der Waals surface area contributed by atoms with Gasteiger partial charge in [0.1, 0.15) is 5.82 Å². The van der Waals surface area contributed by atoms with Crippen molar-refractivity contribution < 1.29 is 0 Å². The van der Waals surface area contributed by atoms with Gasteiger partial charge in [-0.15, -0.1) is 0 Å². The molecule has 2 rings (SSSR count). The van der Waals surface area contributed by atoms with E-state index in [1.807, 2.05) is 25.1 Å². The van der Waals surface area contributed by atoms with Gasteiger partial charge < -0.3 is 11.1 Å². The molecule has 0 amide bonds. The maximum Gasteiger partial charge on any atom is 0.125 e. The van der Waals surface area contributed by atoms with Gasteiger partial charge in [0.15, 0.2) is 0 Å². The first kappa shape index (κ1) is 10.4. The first-order valence-electron chi connectivity index (χ1n) is 5.11. The number of nitrogens with zero attached hydrogens (tertiary/aromatic N) is 2. The molecule has 2 aromatic rings. The molecule has 0 aromatic carbocycles. The van der Waals surface area contributed by atoms with Gasteiger partial charge in [-0.25, -0.2) is 4.98 Å². The predicted molar refractivity (Wildman–Crippen MR) is 65.0 cm³/mol. The van der Waals surface area contributed by atoms with Crippen LogP contribution < -0.4 is 11.1 Å². The number of nitrogens with two attached hydrogens (primary N) is 1. The molecule has 0 unspecified atom stereocenters. The summed E-state index contributed by atoms with van der Waals surface area (Å²) in [5.74, 6) is 0.516. The molecule has 0 saturated heterocycles. The fourth-order valence-electron chi connectivity index (χ4n) is 1.45. The van der Waals surface area contributed by atoms with Gasteiger partial charge in [-0.05, 0) is 24.6 Å². The smallest absolute Gasteiger partial charge is 0.125 e. The number of aromatic nitrogens is 2. The zero-order valence-corrected chi connectivity index (χ0v) is 9.14. The Morgan fingerprint density at radius 3 is 2.88 bits per heavy atom. The summed E-state index contributed by atoms with van der Waals surface area (Å²) in [4.78, 5) is 8.24. The zero-order valence-electron chi connectivity index (χ0n) is 9.14. The second-order valence-electron chi connectivity index (χ2n) is 3.59. The Labute approximate surface area is 94.5 Å². The molecule has 0 aliphatic carbocycles. The molecular formula is C12H14N4. The average Bonchev–Trinajstić information content (AvgIpc) is 2.28. The highest BCUT2D eigenvalue weighted by Crippen LogP contribution is 2.11. The van der Waals surface area contributed by atoms with Crippen molar-refractivity contribution in [3.63, 3.8) is 0 Å². The van der Waals surface area contributed by atoms with Gasteiger partial charge >= 0.3 is 0 Å². The number of pyridine rings is 2. The Hall–Kier alpha value is -2.10. The molecule has 16 heavy (non-hydrogen) atoms. The molecule has 4 heteroatoms. The van der Waals surface area contributed by atoms with Crippen molar-refractivity contribution in [2.24, 2.45) is 0 Å². The van der Waals surface area contributed by atoms with E-state index in [9.17, 15) is 0 Å². The molecular weight excluding hydrogens is 200 g/mol. The van der Waals surface area contributed by atoms with E-state index < -0.39 is 0 Å². The van der Waals surface area contributed by atoms with Crippen LogP contribution in [0.25, 0.3) is 0 Å². The number of aryl methyl sites for hydroxylation is 1. The van der Waals surface area contributed by atoms with Crippen molar-refractivity contribution in [1.29, 1.82) is 0 Å². The molecule has 0 spiro atoms. The number of rotatable bonds is 3. The van der Waals surface area contributed by atoms with Crippen LogP contribution in [0.4, 0.5) is 11.5 Å². The zero-order chi connectivity index (χ0) is 11.4. The lowest BCUT2D eigenvalue weighted by molar-refractivity contribution is 1.02. The summed E-state index contributed by atoms with van der Waals surface area (Å²) >= 11 is 0. The second-order valence-corrected chi connectivity index (χ2v) is 3.59. The van der Waals surface area contributed by atoms with Crippen molar-refractivity contribution in [2.45, 2.75) is 13.5 Å². The van der Waals surface area contributed by atoms with E-state index in [4.69, 9.17) is 5.73 Å². The second kappa shape index (κ2) is 4.61. The number of nitrogens with one attached hydrogen (secondary N) is 1. The highest BCUT2D eigenvalue weighted by molar-refractivity contribution is 5.49. The Morgan fingerprint density at radius 1 is 1.25 bits per heavy atom. The van der Waals surface area contributed by atoms with Gasteiger partial charge in [0.05, 0.1) is 12.2 Å². The summed E-state index contributed by atoms with van der Waals surface area (Å²) in [6.07, 6.45) is 3.48. The number of hydrogen-bond acceptors (Lipinski definition) is 4. The number of nitrogen functional groups attached to an aromatic ring is 1. The third-order valence-corrected chi connectivity index (χ3v) is 2.36. The SMILES string of the molecule is Cc1cccnc1CNc1ccnc(N)c1. The van der Waals surface area contributed by atoms with E-state index >= 15 is 0 Å². The Bertz CT molecular complexity index is 482. The highest BCUT2D eigenvalue weighted by Gasteiger charge is 1.99. The Balaban J connectivity index is 2.05. The lowest BCUT2D eigenvalue weighted by atomic mass is 10.2. The fourth-order valence-corrected chi connectivity index (χ4v) is 1.45. The molecule has 0 saturated carbocycles. The Kier molecular flexibility index (Phi) is 3.00. The minimum Gasteiger partial charge on any atom is -0.384 e. The largest absolute Gasteiger partial charge is 0.384 e. The quantitative estimate of drug-likeness (QED) is 0.820. The highest BCUT2D eigenvalue weighted by atomic mass is 14.9. The molecule has 0 aliphatic heterocycles. The molecule has 2 heterocycles. The molecule has 0 aliphatic rings. The van der Waals surface area contributed by atoms with Gasteiger partial charge in [-0.1, -0.05) is 6.07 Å². The van der Waals surface area contributed by atoms with Gasteiger partial charge in [-0.2, -0.15) is 0 Å². The predicted octanol–water partition coefficient (Wildman–Crippen LogP) is 1.98. The van der Waals surface area contributed by atoms with Crippen LogP contribution in [-0.2, 0) is 6.54 Å². The molecule has 0 atom stereocenters. The summed E-state index contributed by atoms with van der Waals surface area (Å²) in [7, 11) is 0. The lowest BCUT2D eigenvalue weighted by Crippen LogP contribution is -2.04. The van der Waals surface area contributed by atoms with E-state index in [1.165, 1.54) is 5.56 Å². The normalized spacial score (nSPS) is 10.1. The minimum atomic E-state index is 0.516. The van der Waals surface area contributed by atoms with E-state index in [1.54, 1.807) is 18.5 Å². The molecule has 0 bridgehead atoms. The first-order valence-corrected chi connectivity index (χ1v) is 5.11. The summed E-state index contributed by atoms with van der Waals surface area (Å²) in [5.41, 5.74) is 8.76. The average molecular weight is 214 g/mol. The molecule has 2 aromatic heterocycles. The summed E-state index contributed by atoms with van der Waals surface area (Å²) in [5, 5.41) is 3.26. The van der Waals surface area contributed by atoms with Gasteiger partial charge in [0, 0.05) is 24.1 Å². The van der Waals surface area contributed by atoms with E-state index in [-0.39, 0.29) is 0 Å². The molecule has 82 valence electrons. The van der Waals surface area contributed by atoms with Crippen molar-refractivity contribution in [3.8, 4) is 0 Å². The first-order chi connectivity index (χ1) is 7.75. The van der Waals surface area contributed by atoms with E-state index in [0.29, 0.717) is 12.4 Å². The van der Waals surface area contributed by atoms with Crippen LogP contribution in [0.15, 0.2) is 36.7 Å². The van der Waals surface area contributed by atoms with Crippen LogP contribution in [0.2, 0.25) is 0 Å². The van der Waals surface area contributed by atoms with Gasteiger partial charge in [0.25, 0.3) is 0 Å². The van der Waals surface area contributed by atoms with Crippen molar-refractivity contribution in [3.05, 3.63) is 47.9 Å². The lowest BCUT2D eigenvalue weighted by Gasteiger charge is -2.07. The third kappa shape index (κ3) is 2.48. The summed E-state index contributed by atoms with van der Waals surface area (Å²) < 4.78 is 0. The van der Waals surface area contributed by atoms with Gasteiger partial charge in [0.2, 0.25) is 0 Å². The van der Waals surface area contributed by atoms with Crippen LogP contribution in [0.3, 0.4) is 0 Å². The van der Waals surface area contributed by atoms with Gasteiger partial charge in [-0.3, -0.25) is 4.98 Å². The van der Waals surface area contributed by atoms with Crippen LogP contribution in [0.5, 0.6) is 0 Å². The van der Waals surface area contributed by atoms with Crippen molar-refractivity contribution in [2.75, 3.05) is 11.1 Å². The molecule has 4 nitrogen and oxygen atoms in total. The maximum absolute atomic E-state index is 5.59. The van der Waals surface area contributed by atoms with E-state index in [0.717, 1.165) is 11.4 Å². The third-order valence-electron chi connectivity index (χ3n) is 2.36. The van der Waals surface area contributed by atoms with Crippen LogP contribution in [0.1, 0.15) is 11.3 Å². The van der Waals surface area contributed by atoms with Crippen LogP contribution in [-0.4, -0.2) is 9.97 Å². The maximum atomic E-state index is 5.59. The molecule has 0 radical (unpaired) electrons.